The van der Waals surface area contributed by atoms with E-state index in [4.69, 9.17) is 9.47 Å². The minimum Gasteiger partial charge on any atom is -0.496 e. The molecule has 0 spiro atoms. The molecule has 1 aromatic heterocycles. The largest absolute Gasteiger partial charge is 0.496 e. The molecule has 0 N–H and O–H groups in total. The standard InChI is InChI=1S/C30H31N3O4/c1-19(2)14-21-15-25(28(34)33-13-11-30(33,3)18-31)32-12-10-20-16-26(36-4)24(17-23(20)27(21)32)29(35)37-22-8-6-5-7-9-22/h5-9,15-17,19H,10-14H2,1-4H3/t30-/m1/s1. The summed E-state index contributed by atoms with van der Waals surface area (Å²) in [6.45, 7) is 7.32. The van der Waals surface area contributed by atoms with Crippen LogP contribution in [0.2, 0.25) is 0 Å². The van der Waals surface area contributed by atoms with Crippen LogP contribution in [0.15, 0.2) is 48.5 Å². The van der Waals surface area contributed by atoms with Crippen LogP contribution in [0, 0.1) is 17.2 Å². The maximum Gasteiger partial charge on any atom is 0.347 e. The molecule has 3 aromatic rings. The number of hydrogen-bond acceptors (Lipinski definition) is 5. The van der Waals surface area contributed by atoms with Gasteiger partial charge >= 0.3 is 5.97 Å². The van der Waals surface area contributed by atoms with Gasteiger partial charge in [0.25, 0.3) is 5.91 Å². The minimum atomic E-state index is -0.770. The highest BCUT2D eigenvalue weighted by molar-refractivity contribution is 5.98. The number of fused-ring (bicyclic) bond motifs is 3. The average Bonchev–Trinajstić information content (AvgIpc) is 3.25. The van der Waals surface area contributed by atoms with E-state index >= 15 is 0 Å². The predicted octanol–water partition coefficient (Wildman–Crippen LogP) is 5.27. The second kappa shape index (κ2) is 9.44. The molecule has 5 rings (SSSR count). The summed E-state index contributed by atoms with van der Waals surface area (Å²) in [4.78, 5) is 28.5. The van der Waals surface area contributed by atoms with Crippen LogP contribution in [0.1, 0.15) is 59.2 Å². The predicted molar refractivity (Wildman–Crippen MR) is 140 cm³/mol. The van der Waals surface area contributed by atoms with E-state index in [2.05, 4.69) is 24.5 Å². The van der Waals surface area contributed by atoms with Gasteiger partial charge in [0.05, 0.1) is 18.9 Å². The maximum atomic E-state index is 13.6. The number of ether oxygens (including phenoxy) is 2. The van der Waals surface area contributed by atoms with Gasteiger partial charge in [-0.25, -0.2) is 4.79 Å². The lowest BCUT2D eigenvalue weighted by Gasteiger charge is -2.45. The lowest BCUT2D eigenvalue weighted by Crippen LogP contribution is -2.59. The summed E-state index contributed by atoms with van der Waals surface area (Å²) in [5, 5.41) is 9.64. The van der Waals surface area contributed by atoms with Gasteiger partial charge in [0, 0.05) is 25.1 Å². The van der Waals surface area contributed by atoms with Gasteiger partial charge in [-0.05, 0) is 67.1 Å². The van der Waals surface area contributed by atoms with Crippen LogP contribution in [0.5, 0.6) is 11.5 Å². The highest BCUT2D eigenvalue weighted by Gasteiger charge is 2.45. The summed E-state index contributed by atoms with van der Waals surface area (Å²) in [7, 11) is 1.55. The zero-order valence-corrected chi connectivity index (χ0v) is 21.7. The zero-order valence-electron chi connectivity index (χ0n) is 21.7. The summed E-state index contributed by atoms with van der Waals surface area (Å²) >= 11 is 0. The molecule has 2 aliphatic heterocycles. The Morgan fingerprint density at radius 1 is 1.14 bits per heavy atom. The lowest BCUT2D eigenvalue weighted by molar-refractivity contribution is 0.0293. The number of methoxy groups -OCH3 is 1. The van der Waals surface area contributed by atoms with Crippen LogP contribution in [0.25, 0.3) is 11.3 Å². The Bertz CT molecular complexity index is 1420. The van der Waals surface area contributed by atoms with Crippen molar-refractivity contribution in [3.05, 3.63) is 70.9 Å². The molecule has 7 nitrogen and oxygen atoms in total. The van der Waals surface area contributed by atoms with Crippen molar-refractivity contribution in [1.82, 2.24) is 9.47 Å². The summed E-state index contributed by atoms with van der Waals surface area (Å²) < 4.78 is 13.3. The number of hydrogen-bond donors (Lipinski definition) is 0. The van der Waals surface area contributed by atoms with Crippen molar-refractivity contribution in [3.63, 3.8) is 0 Å². The Hall–Kier alpha value is -4.05. The van der Waals surface area contributed by atoms with E-state index in [9.17, 15) is 14.9 Å². The molecular formula is C30H31N3O4. The van der Waals surface area contributed by atoms with Gasteiger partial charge in [0.15, 0.2) is 0 Å². The summed E-state index contributed by atoms with van der Waals surface area (Å²) in [6, 6.07) is 17.0. The molecule has 1 fully saturated rings. The fourth-order valence-electron chi connectivity index (χ4n) is 5.33. The molecule has 0 radical (unpaired) electrons. The summed E-state index contributed by atoms with van der Waals surface area (Å²) in [5.74, 6) is 0.675. The first-order valence-corrected chi connectivity index (χ1v) is 12.7. The van der Waals surface area contributed by atoms with E-state index in [0.717, 1.165) is 28.8 Å². The van der Waals surface area contributed by atoms with E-state index < -0.39 is 11.5 Å². The molecule has 190 valence electrons. The number of amides is 1. The van der Waals surface area contributed by atoms with Crippen molar-refractivity contribution in [1.29, 1.82) is 5.26 Å². The van der Waals surface area contributed by atoms with Gasteiger partial charge in [-0.15, -0.1) is 0 Å². The number of carbonyl (C=O) groups excluding carboxylic acids is 2. The fourth-order valence-corrected chi connectivity index (χ4v) is 5.33. The molecule has 1 atom stereocenters. The molecule has 0 bridgehead atoms. The highest BCUT2D eigenvalue weighted by Crippen LogP contribution is 2.41. The number of carbonyl (C=O) groups is 2. The smallest absolute Gasteiger partial charge is 0.347 e. The fraction of sp³-hybridized carbons (Fsp3) is 0.367. The molecule has 37 heavy (non-hydrogen) atoms. The topological polar surface area (TPSA) is 84.6 Å². The molecule has 1 amide bonds. The Labute approximate surface area is 217 Å². The molecule has 0 aliphatic carbocycles. The third kappa shape index (κ3) is 4.27. The molecule has 3 heterocycles. The van der Waals surface area contributed by atoms with Gasteiger partial charge in [0.1, 0.15) is 28.3 Å². The van der Waals surface area contributed by atoms with Crippen LogP contribution in [-0.2, 0) is 19.4 Å². The first-order valence-electron chi connectivity index (χ1n) is 12.7. The number of likely N-dealkylation sites (tertiary alicyclic amines) is 1. The third-order valence-electron chi connectivity index (χ3n) is 7.39. The van der Waals surface area contributed by atoms with Crippen molar-refractivity contribution in [2.75, 3.05) is 13.7 Å². The SMILES string of the molecule is COc1cc2c(cc1C(=O)Oc1ccccc1)-c1c(CC(C)C)cc(C(=O)N3CC[C@]3(C)C#N)n1CC2. The van der Waals surface area contributed by atoms with E-state index in [1.165, 1.54) is 0 Å². The third-order valence-corrected chi connectivity index (χ3v) is 7.39. The quantitative estimate of drug-likeness (QED) is 0.342. The maximum absolute atomic E-state index is 13.6. The minimum absolute atomic E-state index is 0.118. The number of aromatic nitrogens is 1. The monoisotopic (exact) mass is 497 g/mol. The van der Waals surface area contributed by atoms with Crippen molar-refractivity contribution in [2.45, 2.75) is 52.1 Å². The summed E-state index contributed by atoms with van der Waals surface area (Å²) in [5.41, 5.74) is 4.15. The van der Waals surface area contributed by atoms with Crippen LogP contribution in [-0.4, -0.2) is 40.5 Å². The molecule has 0 saturated carbocycles. The van der Waals surface area contributed by atoms with Gasteiger partial charge in [-0.2, -0.15) is 5.26 Å². The van der Waals surface area contributed by atoms with Gasteiger partial charge < -0.3 is 18.9 Å². The Morgan fingerprint density at radius 3 is 2.51 bits per heavy atom. The average molecular weight is 498 g/mol. The van der Waals surface area contributed by atoms with E-state index in [1.807, 2.05) is 43.3 Å². The molecule has 1 saturated heterocycles. The number of para-hydroxylation sites is 1. The first-order chi connectivity index (χ1) is 17.8. The van der Waals surface area contributed by atoms with Crippen LogP contribution < -0.4 is 9.47 Å². The van der Waals surface area contributed by atoms with Gasteiger partial charge in [-0.1, -0.05) is 32.0 Å². The number of aryl methyl sites for hydroxylation is 1. The highest BCUT2D eigenvalue weighted by atomic mass is 16.5. The molecular weight excluding hydrogens is 466 g/mol. The van der Waals surface area contributed by atoms with Crippen LogP contribution in [0.4, 0.5) is 0 Å². The second-order valence-corrected chi connectivity index (χ2v) is 10.4. The van der Waals surface area contributed by atoms with Crippen LogP contribution >= 0.6 is 0 Å². The van der Waals surface area contributed by atoms with Gasteiger partial charge in [0.2, 0.25) is 0 Å². The lowest BCUT2D eigenvalue weighted by atomic mass is 9.88. The zero-order chi connectivity index (χ0) is 26.3. The van der Waals surface area contributed by atoms with E-state index in [-0.39, 0.29) is 5.91 Å². The van der Waals surface area contributed by atoms with Crippen molar-refractivity contribution in [2.24, 2.45) is 5.92 Å². The van der Waals surface area contributed by atoms with E-state index in [1.54, 1.807) is 24.1 Å². The summed E-state index contributed by atoms with van der Waals surface area (Å²) in [6.07, 6.45) is 2.16. The van der Waals surface area contributed by atoms with E-state index in [0.29, 0.717) is 54.6 Å². The van der Waals surface area contributed by atoms with Gasteiger partial charge in [-0.3, -0.25) is 4.79 Å². The number of esters is 1. The number of nitriles is 1. The van der Waals surface area contributed by atoms with Crippen LogP contribution in [0.3, 0.4) is 0 Å². The van der Waals surface area contributed by atoms with Crippen molar-refractivity contribution in [3.8, 4) is 28.8 Å². The Kier molecular flexibility index (Phi) is 6.28. The normalized spacial score (nSPS) is 17.9. The number of benzene rings is 2. The molecule has 0 unspecified atom stereocenters. The number of nitrogens with zero attached hydrogens (tertiary/aromatic N) is 3. The molecule has 2 aromatic carbocycles. The van der Waals surface area contributed by atoms with Crippen molar-refractivity contribution >= 4 is 11.9 Å². The molecule has 2 aliphatic rings. The second-order valence-electron chi connectivity index (χ2n) is 10.4. The van der Waals surface area contributed by atoms with Crippen molar-refractivity contribution < 1.29 is 19.1 Å². The first kappa shape index (κ1) is 24.6. The number of rotatable bonds is 6. The molecule has 7 heteroatoms. The Balaban J connectivity index is 1.61. The Morgan fingerprint density at radius 2 is 1.89 bits per heavy atom.